The zero-order chi connectivity index (χ0) is 24.7. The number of amides is 2. The molecule has 0 aliphatic carbocycles. The molecule has 0 radical (unpaired) electrons. The van der Waals surface area contributed by atoms with Crippen LogP contribution in [-0.2, 0) is 4.79 Å². The number of benzene rings is 2. The number of nitrogens with one attached hydrogen (secondary N) is 3. The smallest absolute Gasteiger partial charge is 0.256 e. The number of hydrogen-bond donors (Lipinski definition) is 3. The fourth-order valence-electron chi connectivity index (χ4n) is 5.09. The van der Waals surface area contributed by atoms with Gasteiger partial charge in [-0.15, -0.1) is 0 Å². The van der Waals surface area contributed by atoms with Gasteiger partial charge in [-0.2, -0.15) is 0 Å². The monoisotopic (exact) mass is 470 g/mol. The van der Waals surface area contributed by atoms with E-state index in [1.165, 1.54) is 0 Å². The molecule has 2 aliphatic heterocycles. The molecule has 7 heteroatoms. The van der Waals surface area contributed by atoms with Gasteiger partial charge in [-0.25, -0.2) is 0 Å². The highest BCUT2D eigenvalue weighted by Crippen LogP contribution is 2.41. The first-order valence-corrected chi connectivity index (χ1v) is 11.9. The second-order valence-corrected chi connectivity index (χ2v) is 9.39. The van der Waals surface area contributed by atoms with Crippen molar-refractivity contribution < 1.29 is 14.3 Å². The molecule has 0 spiro atoms. The SMILES string of the molecule is COc1ccc(-c2cccc3c2/C(=C/c2[nH]cc(C(=O)N4C[C@@H](C)N[C@@H](C)C4)c2C)C(=O)N3)cc1. The van der Waals surface area contributed by atoms with Crippen LogP contribution in [0.5, 0.6) is 5.75 Å². The average Bonchev–Trinajstić information content (AvgIpc) is 3.37. The molecule has 2 atom stereocenters. The first-order valence-electron chi connectivity index (χ1n) is 11.9. The summed E-state index contributed by atoms with van der Waals surface area (Å²) < 4.78 is 5.29. The standard InChI is InChI=1S/C28H30N4O3/c1-16-14-32(15-17(2)30-16)28(34)23-13-29-25(18(23)3)12-22-26-21(6-5-7-24(26)31-27(22)33)19-8-10-20(35-4)11-9-19/h5-13,16-17,29-30H,14-15H2,1-4H3,(H,31,33)/b22-12-/t16-,17+. The van der Waals surface area contributed by atoms with Crippen LogP contribution >= 0.6 is 0 Å². The molecule has 0 unspecified atom stereocenters. The second-order valence-electron chi connectivity index (χ2n) is 9.39. The maximum absolute atomic E-state index is 13.3. The fourth-order valence-corrected chi connectivity index (χ4v) is 5.09. The number of carbonyl (C=O) groups is 2. The van der Waals surface area contributed by atoms with Crippen molar-refractivity contribution in [3.8, 4) is 16.9 Å². The van der Waals surface area contributed by atoms with Crippen LogP contribution in [0, 0.1) is 6.92 Å². The third-order valence-electron chi connectivity index (χ3n) is 6.77. The molecule has 0 bridgehead atoms. The summed E-state index contributed by atoms with van der Waals surface area (Å²) in [5.74, 6) is 0.630. The van der Waals surface area contributed by atoms with Crippen LogP contribution in [-0.4, -0.2) is 54.0 Å². The maximum atomic E-state index is 13.3. The number of methoxy groups -OCH3 is 1. The van der Waals surface area contributed by atoms with E-state index in [1.807, 2.05) is 60.4 Å². The number of H-pyrrole nitrogens is 1. The number of aromatic amines is 1. The minimum atomic E-state index is -0.160. The van der Waals surface area contributed by atoms with Gasteiger partial charge in [-0.3, -0.25) is 9.59 Å². The van der Waals surface area contributed by atoms with Crippen LogP contribution in [0.2, 0.25) is 0 Å². The van der Waals surface area contributed by atoms with Crippen molar-refractivity contribution >= 4 is 29.2 Å². The van der Waals surface area contributed by atoms with Crippen LogP contribution < -0.4 is 15.4 Å². The van der Waals surface area contributed by atoms with E-state index in [4.69, 9.17) is 4.74 Å². The molecular formula is C28H30N4O3. The van der Waals surface area contributed by atoms with E-state index in [2.05, 4.69) is 29.5 Å². The molecule has 1 aromatic heterocycles. The number of aromatic nitrogens is 1. The van der Waals surface area contributed by atoms with Gasteiger partial charge in [0, 0.05) is 48.3 Å². The third-order valence-corrected chi connectivity index (χ3v) is 6.77. The summed E-state index contributed by atoms with van der Waals surface area (Å²) in [6.45, 7) is 7.45. The van der Waals surface area contributed by atoms with E-state index in [9.17, 15) is 9.59 Å². The Morgan fingerprint density at radius 3 is 2.49 bits per heavy atom. The van der Waals surface area contributed by atoms with Crippen molar-refractivity contribution in [1.82, 2.24) is 15.2 Å². The molecule has 3 N–H and O–H groups in total. The Morgan fingerprint density at radius 1 is 1.09 bits per heavy atom. The van der Waals surface area contributed by atoms with Crippen LogP contribution in [0.1, 0.15) is 41.0 Å². The van der Waals surface area contributed by atoms with E-state index < -0.39 is 0 Å². The van der Waals surface area contributed by atoms with E-state index in [-0.39, 0.29) is 23.9 Å². The summed E-state index contributed by atoms with van der Waals surface area (Å²) in [5.41, 5.74) is 6.38. The van der Waals surface area contributed by atoms with Gasteiger partial charge in [0.05, 0.1) is 18.2 Å². The van der Waals surface area contributed by atoms with E-state index >= 15 is 0 Å². The Hall–Kier alpha value is -3.84. The molecule has 3 heterocycles. The first-order chi connectivity index (χ1) is 16.9. The minimum Gasteiger partial charge on any atom is -0.497 e. The number of nitrogens with zero attached hydrogens (tertiary/aromatic N) is 1. The molecule has 2 aliphatic rings. The van der Waals surface area contributed by atoms with Gasteiger partial charge in [0.2, 0.25) is 0 Å². The summed E-state index contributed by atoms with van der Waals surface area (Å²) in [7, 11) is 1.64. The largest absolute Gasteiger partial charge is 0.497 e. The van der Waals surface area contributed by atoms with Gasteiger partial charge < -0.3 is 25.3 Å². The number of carbonyl (C=O) groups excluding carboxylic acids is 2. The highest BCUT2D eigenvalue weighted by molar-refractivity contribution is 6.36. The molecule has 7 nitrogen and oxygen atoms in total. The number of piperazine rings is 1. The number of ether oxygens (including phenoxy) is 1. The van der Waals surface area contributed by atoms with Crippen LogP contribution in [0.4, 0.5) is 5.69 Å². The third kappa shape index (κ3) is 4.23. The van der Waals surface area contributed by atoms with E-state index in [1.54, 1.807) is 13.3 Å². The van der Waals surface area contributed by atoms with Crippen molar-refractivity contribution in [1.29, 1.82) is 0 Å². The van der Waals surface area contributed by atoms with E-state index in [0.717, 1.165) is 39.4 Å². The quantitative estimate of drug-likeness (QED) is 0.496. The summed E-state index contributed by atoms with van der Waals surface area (Å²) in [4.78, 5) is 31.4. The number of anilines is 1. The summed E-state index contributed by atoms with van der Waals surface area (Å²) in [5, 5.41) is 6.44. The highest BCUT2D eigenvalue weighted by Gasteiger charge is 2.30. The molecule has 180 valence electrons. The zero-order valence-electron chi connectivity index (χ0n) is 20.4. The van der Waals surface area contributed by atoms with Gasteiger partial charge in [-0.05, 0) is 61.7 Å². The fraction of sp³-hybridized carbons (Fsp3) is 0.286. The Balaban J connectivity index is 1.51. The van der Waals surface area contributed by atoms with Crippen LogP contribution in [0.15, 0.2) is 48.7 Å². The topological polar surface area (TPSA) is 86.5 Å². The van der Waals surface area contributed by atoms with Gasteiger partial charge in [-0.1, -0.05) is 24.3 Å². The van der Waals surface area contributed by atoms with Crippen LogP contribution in [0.3, 0.4) is 0 Å². The molecule has 0 saturated carbocycles. The van der Waals surface area contributed by atoms with Crippen LogP contribution in [0.25, 0.3) is 22.8 Å². The second kappa shape index (κ2) is 9.07. The molecule has 5 rings (SSSR count). The lowest BCUT2D eigenvalue weighted by Crippen LogP contribution is -2.55. The van der Waals surface area contributed by atoms with Gasteiger partial charge in [0.25, 0.3) is 11.8 Å². The lowest BCUT2D eigenvalue weighted by atomic mass is 9.94. The molecule has 1 saturated heterocycles. The lowest BCUT2D eigenvalue weighted by Gasteiger charge is -2.36. The maximum Gasteiger partial charge on any atom is 0.256 e. The van der Waals surface area contributed by atoms with E-state index in [0.29, 0.717) is 24.2 Å². The van der Waals surface area contributed by atoms with Gasteiger partial charge in [0.15, 0.2) is 0 Å². The summed E-state index contributed by atoms with van der Waals surface area (Å²) >= 11 is 0. The predicted molar refractivity (Wildman–Crippen MR) is 138 cm³/mol. The van der Waals surface area contributed by atoms with Crippen molar-refractivity contribution in [2.75, 3.05) is 25.5 Å². The molecule has 2 aromatic carbocycles. The zero-order valence-corrected chi connectivity index (χ0v) is 20.4. The number of fused-ring (bicyclic) bond motifs is 1. The predicted octanol–water partition coefficient (Wildman–Crippen LogP) is 4.31. The summed E-state index contributed by atoms with van der Waals surface area (Å²) in [6.07, 6.45) is 3.61. The Bertz CT molecular complexity index is 1310. The number of rotatable bonds is 4. The molecule has 1 fully saturated rings. The first kappa shape index (κ1) is 22.9. The average molecular weight is 471 g/mol. The van der Waals surface area contributed by atoms with Crippen molar-refractivity contribution in [3.63, 3.8) is 0 Å². The Labute approximate surface area is 205 Å². The molecule has 3 aromatic rings. The minimum absolute atomic E-state index is 0.0128. The van der Waals surface area contributed by atoms with Crippen molar-refractivity contribution in [2.24, 2.45) is 0 Å². The molecule has 2 amide bonds. The van der Waals surface area contributed by atoms with Gasteiger partial charge >= 0.3 is 0 Å². The highest BCUT2D eigenvalue weighted by atomic mass is 16.5. The molecular weight excluding hydrogens is 440 g/mol. The lowest BCUT2D eigenvalue weighted by molar-refractivity contribution is -0.110. The Morgan fingerprint density at radius 2 is 1.80 bits per heavy atom. The van der Waals surface area contributed by atoms with Gasteiger partial charge in [0.1, 0.15) is 5.75 Å². The van der Waals surface area contributed by atoms with Crippen molar-refractivity contribution in [3.05, 3.63) is 71.0 Å². The normalized spacial score (nSPS) is 20.6. The molecule has 35 heavy (non-hydrogen) atoms. The number of hydrogen-bond acceptors (Lipinski definition) is 4. The Kier molecular flexibility index (Phi) is 5.94. The summed E-state index contributed by atoms with van der Waals surface area (Å²) in [6, 6.07) is 14.1. The van der Waals surface area contributed by atoms with Crippen molar-refractivity contribution in [2.45, 2.75) is 32.9 Å².